The molecule has 4 nitrogen and oxygen atoms in total. The number of amides is 1. The molecule has 0 saturated heterocycles. The number of methoxy groups -OCH3 is 1. The predicted molar refractivity (Wildman–Crippen MR) is 75.2 cm³/mol. The van der Waals surface area contributed by atoms with Crippen molar-refractivity contribution in [1.29, 1.82) is 0 Å². The largest absolute Gasteiger partial charge is 0.496 e. The maximum atomic E-state index is 12.1. The van der Waals surface area contributed by atoms with Crippen molar-refractivity contribution in [2.75, 3.05) is 20.7 Å². The third-order valence-corrected chi connectivity index (χ3v) is 3.76. The molecule has 1 aromatic carbocycles. The van der Waals surface area contributed by atoms with E-state index in [9.17, 15) is 4.79 Å². The van der Waals surface area contributed by atoms with Gasteiger partial charge in [-0.15, -0.1) is 0 Å². The lowest BCUT2D eigenvalue weighted by atomic mass is 10.1. The van der Waals surface area contributed by atoms with Gasteiger partial charge in [0, 0.05) is 13.1 Å². The summed E-state index contributed by atoms with van der Waals surface area (Å²) in [5.41, 5.74) is 2.04. The molecule has 0 aromatic heterocycles. The number of nitrogens with one attached hydrogen (secondary N) is 2. The van der Waals surface area contributed by atoms with E-state index >= 15 is 0 Å². The van der Waals surface area contributed by atoms with E-state index in [1.807, 2.05) is 26.1 Å². The van der Waals surface area contributed by atoms with E-state index in [1.54, 1.807) is 7.11 Å². The average Bonchev–Trinajstić information content (AvgIpc) is 3.17. The first-order chi connectivity index (χ1) is 9.11. The molecule has 1 fully saturated rings. The number of carbonyl (C=O) groups excluding carboxylic acids is 1. The van der Waals surface area contributed by atoms with Crippen molar-refractivity contribution in [3.05, 3.63) is 29.3 Å². The van der Waals surface area contributed by atoms with E-state index < -0.39 is 0 Å². The van der Waals surface area contributed by atoms with Crippen molar-refractivity contribution < 1.29 is 9.53 Å². The molecule has 0 radical (unpaired) electrons. The van der Waals surface area contributed by atoms with Crippen LogP contribution in [0.4, 0.5) is 0 Å². The van der Waals surface area contributed by atoms with Gasteiger partial charge in [0.25, 0.3) is 0 Å². The maximum Gasteiger partial charge on any atom is 0.227 e. The summed E-state index contributed by atoms with van der Waals surface area (Å²) >= 11 is 0. The van der Waals surface area contributed by atoms with Crippen LogP contribution >= 0.6 is 0 Å². The zero-order valence-electron chi connectivity index (χ0n) is 11.9. The molecule has 1 aliphatic carbocycles. The van der Waals surface area contributed by atoms with E-state index in [4.69, 9.17) is 4.74 Å². The van der Waals surface area contributed by atoms with Crippen molar-refractivity contribution in [3.8, 4) is 5.75 Å². The summed E-state index contributed by atoms with van der Waals surface area (Å²) in [5, 5.41) is 6.13. The number of ether oxygens (including phenoxy) is 1. The summed E-state index contributed by atoms with van der Waals surface area (Å²) in [6.07, 6.45) is 1.97. The van der Waals surface area contributed by atoms with Gasteiger partial charge in [0.1, 0.15) is 5.75 Å². The first-order valence-electron chi connectivity index (χ1n) is 6.68. The molecular formula is C15H22N2O2. The van der Waals surface area contributed by atoms with Gasteiger partial charge in [-0.1, -0.05) is 12.1 Å². The summed E-state index contributed by atoms with van der Waals surface area (Å²) in [4.78, 5) is 12.1. The van der Waals surface area contributed by atoms with Gasteiger partial charge in [0.2, 0.25) is 5.91 Å². The Morgan fingerprint density at radius 1 is 1.42 bits per heavy atom. The van der Waals surface area contributed by atoms with Crippen molar-refractivity contribution in [3.63, 3.8) is 0 Å². The van der Waals surface area contributed by atoms with Crippen LogP contribution in [0.3, 0.4) is 0 Å². The molecule has 2 N–H and O–H groups in total. The molecule has 1 saturated carbocycles. The third-order valence-electron chi connectivity index (χ3n) is 3.76. The molecule has 104 valence electrons. The summed E-state index contributed by atoms with van der Waals surface area (Å²) in [6, 6.07) is 5.98. The number of hydrogen-bond donors (Lipinski definition) is 2. The maximum absolute atomic E-state index is 12.1. The Bertz CT molecular complexity index is 467. The van der Waals surface area contributed by atoms with Crippen LogP contribution in [0.5, 0.6) is 5.75 Å². The molecule has 0 spiro atoms. The minimum atomic E-state index is -0.156. The van der Waals surface area contributed by atoms with Crippen LogP contribution in [-0.4, -0.2) is 26.6 Å². The Kier molecular flexibility index (Phi) is 4.10. The van der Waals surface area contributed by atoms with Crippen molar-refractivity contribution >= 4 is 5.91 Å². The van der Waals surface area contributed by atoms with Crippen molar-refractivity contribution in [2.24, 2.45) is 5.41 Å². The number of carbonyl (C=O) groups is 1. The molecule has 4 heteroatoms. The SMILES string of the molecule is CNCC1(C(=O)NCc2ccc(OC)c(C)c2)CC1. The molecule has 2 rings (SSSR count). The molecule has 0 heterocycles. The van der Waals surface area contributed by atoms with E-state index in [0.29, 0.717) is 6.54 Å². The fourth-order valence-electron chi connectivity index (χ4n) is 2.39. The van der Waals surface area contributed by atoms with Gasteiger partial charge in [-0.25, -0.2) is 0 Å². The van der Waals surface area contributed by atoms with Crippen LogP contribution in [0.25, 0.3) is 0 Å². The number of benzene rings is 1. The number of rotatable bonds is 6. The second kappa shape index (κ2) is 5.61. The topological polar surface area (TPSA) is 50.4 Å². The predicted octanol–water partition coefficient (Wildman–Crippen LogP) is 1.62. The zero-order chi connectivity index (χ0) is 13.9. The van der Waals surface area contributed by atoms with Crippen LogP contribution in [0.15, 0.2) is 18.2 Å². The Hall–Kier alpha value is -1.55. The fraction of sp³-hybridized carbons (Fsp3) is 0.533. The lowest BCUT2D eigenvalue weighted by Crippen LogP contribution is -2.37. The molecule has 0 atom stereocenters. The van der Waals surface area contributed by atoms with Crippen molar-refractivity contribution in [2.45, 2.75) is 26.3 Å². The molecule has 1 aromatic rings. The van der Waals surface area contributed by atoms with Crippen LogP contribution in [0.1, 0.15) is 24.0 Å². The second-order valence-corrected chi connectivity index (χ2v) is 5.30. The highest BCUT2D eigenvalue weighted by molar-refractivity contribution is 5.85. The molecule has 0 bridgehead atoms. The van der Waals surface area contributed by atoms with Gasteiger partial charge in [-0.3, -0.25) is 4.79 Å². The molecule has 0 unspecified atom stereocenters. The van der Waals surface area contributed by atoms with Crippen LogP contribution in [0, 0.1) is 12.3 Å². The Morgan fingerprint density at radius 3 is 2.68 bits per heavy atom. The minimum Gasteiger partial charge on any atom is -0.496 e. The summed E-state index contributed by atoms with van der Waals surface area (Å²) < 4.78 is 5.23. The monoisotopic (exact) mass is 262 g/mol. The molecule has 1 aliphatic rings. The van der Waals surface area contributed by atoms with Gasteiger partial charge in [-0.05, 0) is 44.0 Å². The smallest absolute Gasteiger partial charge is 0.227 e. The van der Waals surface area contributed by atoms with Crippen LogP contribution in [-0.2, 0) is 11.3 Å². The second-order valence-electron chi connectivity index (χ2n) is 5.30. The molecular weight excluding hydrogens is 240 g/mol. The van der Waals surface area contributed by atoms with E-state index in [1.165, 1.54) is 0 Å². The zero-order valence-corrected chi connectivity index (χ0v) is 11.9. The van der Waals surface area contributed by atoms with E-state index in [0.717, 1.165) is 36.3 Å². The lowest BCUT2D eigenvalue weighted by Gasteiger charge is -2.15. The highest BCUT2D eigenvalue weighted by Crippen LogP contribution is 2.45. The molecule has 19 heavy (non-hydrogen) atoms. The minimum absolute atomic E-state index is 0.156. The fourth-order valence-corrected chi connectivity index (χ4v) is 2.39. The highest BCUT2D eigenvalue weighted by Gasteiger charge is 2.48. The molecule has 1 amide bonds. The molecule has 0 aliphatic heterocycles. The van der Waals surface area contributed by atoms with Gasteiger partial charge in [0.15, 0.2) is 0 Å². The van der Waals surface area contributed by atoms with E-state index in [-0.39, 0.29) is 11.3 Å². The number of aryl methyl sites for hydroxylation is 1. The van der Waals surface area contributed by atoms with Crippen LogP contribution in [0.2, 0.25) is 0 Å². The normalized spacial score (nSPS) is 15.9. The highest BCUT2D eigenvalue weighted by atomic mass is 16.5. The van der Waals surface area contributed by atoms with Gasteiger partial charge < -0.3 is 15.4 Å². The third kappa shape index (κ3) is 3.07. The Labute approximate surface area is 114 Å². The van der Waals surface area contributed by atoms with Crippen LogP contribution < -0.4 is 15.4 Å². The lowest BCUT2D eigenvalue weighted by molar-refractivity contribution is -0.126. The van der Waals surface area contributed by atoms with E-state index in [2.05, 4.69) is 16.7 Å². The van der Waals surface area contributed by atoms with Gasteiger partial charge in [-0.2, -0.15) is 0 Å². The first-order valence-corrected chi connectivity index (χ1v) is 6.68. The summed E-state index contributed by atoms with van der Waals surface area (Å²) in [6.45, 7) is 3.35. The van der Waals surface area contributed by atoms with Gasteiger partial charge in [0.05, 0.1) is 12.5 Å². The Morgan fingerprint density at radius 2 is 2.16 bits per heavy atom. The number of hydrogen-bond acceptors (Lipinski definition) is 3. The summed E-state index contributed by atoms with van der Waals surface area (Å²) in [7, 11) is 3.55. The standard InChI is InChI=1S/C15H22N2O2/c1-11-8-12(4-5-13(11)19-3)9-17-14(18)15(6-7-15)10-16-2/h4-5,8,16H,6-7,9-10H2,1-3H3,(H,17,18). The Balaban J connectivity index is 1.92. The first kappa shape index (κ1) is 13.9. The quantitative estimate of drug-likeness (QED) is 0.819. The average molecular weight is 262 g/mol. The van der Waals surface area contributed by atoms with Crippen molar-refractivity contribution in [1.82, 2.24) is 10.6 Å². The summed E-state index contributed by atoms with van der Waals surface area (Å²) in [5.74, 6) is 1.04. The van der Waals surface area contributed by atoms with Gasteiger partial charge >= 0.3 is 0 Å².